The van der Waals surface area contributed by atoms with Gasteiger partial charge in [0.25, 0.3) is 0 Å². The Morgan fingerprint density at radius 1 is 0.824 bits per heavy atom. The Labute approximate surface area is 103 Å². The second-order valence-corrected chi connectivity index (χ2v) is 5.23. The third-order valence-electron chi connectivity index (χ3n) is 2.72. The molecule has 0 saturated carbocycles. The summed E-state index contributed by atoms with van der Waals surface area (Å²) in [7, 11) is 0. The lowest BCUT2D eigenvalue weighted by molar-refractivity contribution is 0.517. The zero-order valence-corrected chi connectivity index (χ0v) is 10.5. The van der Waals surface area contributed by atoms with Gasteiger partial charge >= 0.3 is 0 Å². The van der Waals surface area contributed by atoms with E-state index in [9.17, 15) is 0 Å². The quantitative estimate of drug-likeness (QED) is 0.848. The Hall–Kier alpha value is -1.60. The average Bonchev–Trinajstić information content (AvgIpc) is 2.29. The van der Waals surface area contributed by atoms with Gasteiger partial charge in [-0.15, -0.1) is 0 Å². The minimum atomic E-state index is -0.145. The lowest BCUT2D eigenvalue weighted by atomic mass is 9.95. The van der Waals surface area contributed by atoms with Crippen LogP contribution < -0.4 is 5.73 Å². The van der Waals surface area contributed by atoms with Crippen LogP contribution in [0.25, 0.3) is 11.1 Å². The van der Waals surface area contributed by atoms with Gasteiger partial charge in [0.2, 0.25) is 0 Å². The SMILES string of the molecule is CC(C)(N)Cc1ccc(-c2ccccc2)cc1. The highest BCUT2D eigenvalue weighted by Gasteiger charge is 2.11. The van der Waals surface area contributed by atoms with Crippen LogP contribution in [0.15, 0.2) is 54.6 Å². The van der Waals surface area contributed by atoms with Gasteiger partial charge in [0.05, 0.1) is 0 Å². The smallest absolute Gasteiger partial charge is 0.0138 e. The van der Waals surface area contributed by atoms with E-state index in [0.29, 0.717) is 0 Å². The van der Waals surface area contributed by atoms with E-state index in [1.807, 2.05) is 6.07 Å². The maximum atomic E-state index is 6.02. The van der Waals surface area contributed by atoms with Gasteiger partial charge in [0.15, 0.2) is 0 Å². The van der Waals surface area contributed by atoms with Crippen molar-refractivity contribution in [3.63, 3.8) is 0 Å². The van der Waals surface area contributed by atoms with E-state index in [-0.39, 0.29) is 5.54 Å². The third-order valence-corrected chi connectivity index (χ3v) is 2.72. The van der Waals surface area contributed by atoms with Crippen molar-refractivity contribution in [1.82, 2.24) is 0 Å². The van der Waals surface area contributed by atoms with Crippen molar-refractivity contribution in [2.75, 3.05) is 0 Å². The third kappa shape index (κ3) is 3.43. The molecule has 0 radical (unpaired) electrons. The molecule has 0 heterocycles. The summed E-state index contributed by atoms with van der Waals surface area (Å²) in [5.74, 6) is 0. The molecule has 0 aromatic heterocycles. The molecule has 0 saturated heterocycles. The standard InChI is InChI=1S/C16H19N/c1-16(2,17)12-13-8-10-15(11-9-13)14-6-4-3-5-7-14/h3-11H,12,17H2,1-2H3. The predicted molar refractivity (Wildman–Crippen MR) is 73.8 cm³/mol. The number of nitrogens with two attached hydrogens (primary N) is 1. The first-order valence-electron chi connectivity index (χ1n) is 5.98. The van der Waals surface area contributed by atoms with Crippen LogP contribution >= 0.6 is 0 Å². The fourth-order valence-corrected chi connectivity index (χ4v) is 1.97. The van der Waals surface area contributed by atoms with E-state index in [2.05, 4.69) is 62.4 Å². The molecule has 0 aliphatic rings. The zero-order chi connectivity index (χ0) is 12.3. The normalized spacial score (nSPS) is 11.5. The van der Waals surface area contributed by atoms with Crippen LogP contribution in [0.4, 0.5) is 0 Å². The van der Waals surface area contributed by atoms with Crippen molar-refractivity contribution in [3.8, 4) is 11.1 Å². The van der Waals surface area contributed by atoms with E-state index in [0.717, 1.165) is 6.42 Å². The summed E-state index contributed by atoms with van der Waals surface area (Å²) in [5.41, 5.74) is 9.67. The highest BCUT2D eigenvalue weighted by Crippen LogP contribution is 2.20. The molecule has 88 valence electrons. The van der Waals surface area contributed by atoms with Crippen LogP contribution in [-0.2, 0) is 6.42 Å². The van der Waals surface area contributed by atoms with E-state index < -0.39 is 0 Å². The number of hydrogen-bond donors (Lipinski definition) is 1. The first-order valence-corrected chi connectivity index (χ1v) is 5.98. The monoisotopic (exact) mass is 225 g/mol. The second-order valence-electron chi connectivity index (χ2n) is 5.23. The summed E-state index contributed by atoms with van der Waals surface area (Å²) in [6.45, 7) is 4.11. The van der Waals surface area contributed by atoms with E-state index >= 15 is 0 Å². The van der Waals surface area contributed by atoms with Gasteiger partial charge in [-0.1, -0.05) is 54.6 Å². The van der Waals surface area contributed by atoms with Crippen LogP contribution in [0.1, 0.15) is 19.4 Å². The van der Waals surface area contributed by atoms with Crippen molar-refractivity contribution in [2.45, 2.75) is 25.8 Å². The summed E-state index contributed by atoms with van der Waals surface area (Å²) in [4.78, 5) is 0. The van der Waals surface area contributed by atoms with Crippen molar-refractivity contribution in [3.05, 3.63) is 60.2 Å². The molecule has 0 bridgehead atoms. The van der Waals surface area contributed by atoms with Crippen LogP contribution in [0.2, 0.25) is 0 Å². The van der Waals surface area contributed by atoms with Crippen LogP contribution in [0, 0.1) is 0 Å². The van der Waals surface area contributed by atoms with Crippen molar-refractivity contribution in [2.24, 2.45) is 5.73 Å². The fraction of sp³-hybridized carbons (Fsp3) is 0.250. The number of hydrogen-bond acceptors (Lipinski definition) is 1. The van der Waals surface area contributed by atoms with Gasteiger partial charge in [-0.05, 0) is 37.0 Å². The predicted octanol–water partition coefficient (Wildman–Crippen LogP) is 3.63. The molecule has 0 aliphatic carbocycles. The van der Waals surface area contributed by atoms with Gasteiger partial charge in [-0.25, -0.2) is 0 Å². The number of benzene rings is 2. The molecule has 0 unspecified atom stereocenters. The highest BCUT2D eigenvalue weighted by atomic mass is 14.7. The highest BCUT2D eigenvalue weighted by molar-refractivity contribution is 5.63. The summed E-state index contributed by atoms with van der Waals surface area (Å²) in [6.07, 6.45) is 0.905. The fourth-order valence-electron chi connectivity index (χ4n) is 1.97. The van der Waals surface area contributed by atoms with Gasteiger partial charge < -0.3 is 5.73 Å². The zero-order valence-electron chi connectivity index (χ0n) is 10.5. The molecular weight excluding hydrogens is 206 g/mol. The molecule has 0 amide bonds. The van der Waals surface area contributed by atoms with Crippen LogP contribution in [0.5, 0.6) is 0 Å². The molecule has 2 aromatic rings. The lowest BCUT2D eigenvalue weighted by Gasteiger charge is -2.18. The molecule has 0 aliphatic heterocycles. The molecule has 1 nitrogen and oxygen atoms in total. The number of rotatable bonds is 3. The Balaban J connectivity index is 2.19. The largest absolute Gasteiger partial charge is 0.325 e. The lowest BCUT2D eigenvalue weighted by Crippen LogP contribution is -2.34. The Bertz CT molecular complexity index is 463. The van der Waals surface area contributed by atoms with E-state index in [1.165, 1.54) is 16.7 Å². The molecule has 0 spiro atoms. The maximum absolute atomic E-state index is 6.02. The Morgan fingerprint density at radius 3 is 1.88 bits per heavy atom. The second kappa shape index (κ2) is 4.72. The molecular formula is C16H19N. The van der Waals surface area contributed by atoms with Crippen molar-refractivity contribution in [1.29, 1.82) is 0 Å². The van der Waals surface area contributed by atoms with Crippen LogP contribution in [0.3, 0.4) is 0 Å². The van der Waals surface area contributed by atoms with Gasteiger partial charge in [0, 0.05) is 5.54 Å². The van der Waals surface area contributed by atoms with Crippen molar-refractivity contribution >= 4 is 0 Å². The molecule has 2 aromatic carbocycles. The first kappa shape index (κ1) is 11.9. The summed E-state index contributed by atoms with van der Waals surface area (Å²) in [6, 6.07) is 19.1. The first-order chi connectivity index (χ1) is 8.04. The molecule has 2 rings (SSSR count). The topological polar surface area (TPSA) is 26.0 Å². The molecule has 0 atom stereocenters. The summed E-state index contributed by atoms with van der Waals surface area (Å²) >= 11 is 0. The average molecular weight is 225 g/mol. The molecule has 1 heteroatoms. The van der Waals surface area contributed by atoms with E-state index in [4.69, 9.17) is 5.73 Å². The molecule has 17 heavy (non-hydrogen) atoms. The maximum Gasteiger partial charge on any atom is 0.0138 e. The van der Waals surface area contributed by atoms with Gasteiger partial charge in [0.1, 0.15) is 0 Å². The Kier molecular flexibility index (Phi) is 3.30. The van der Waals surface area contributed by atoms with Crippen LogP contribution in [-0.4, -0.2) is 5.54 Å². The van der Waals surface area contributed by atoms with Gasteiger partial charge in [-0.3, -0.25) is 0 Å². The van der Waals surface area contributed by atoms with E-state index in [1.54, 1.807) is 0 Å². The van der Waals surface area contributed by atoms with Gasteiger partial charge in [-0.2, -0.15) is 0 Å². The minimum absolute atomic E-state index is 0.145. The minimum Gasteiger partial charge on any atom is -0.325 e. The molecule has 2 N–H and O–H groups in total. The summed E-state index contributed by atoms with van der Waals surface area (Å²) < 4.78 is 0. The molecule has 0 fully saturated rings. The van der Waals surface area contributed by atoms with Crippen molar-refractivity contribution < 1.29 is 0 Å². The Morgan fingerprint density at radius 2 is 1.35 bits per heavy atom. The summed E-state index contributed by atoms with van der Waals surface area (Å²) in [5, 5.41) is 0.